The highest BCUT2D eigenvalue weighted by Gasteiger charge is 1.94. The molecule has 4 N–H and O–H groups in total. The van der Waals surface area contributed by atoms with Gasteiger partial charge in [-0.05, 0) is 17.7 Å². The molecule has 1 rings (SSSR count). The summed E-state index contributed by atoms with van der Waals surface area (Å²) >= 11 is 0. The van der Waals surface area contributed by atoms with Crippen LogP contribution in [-0.4, -0.2) is 17.7 Å². The molecule has 0 spiro atoms. The van der Waals surface area contributed by atoms with Gasteiger partial charge in [-0.2, -0.15) is 0 Å². The van der Waals surface area contributed by atoms with Gasteiger partial charge in [0.1, 0.15) is 6.61 Å². The molecule has 0 atom stereocenters. The topological polar surface area (TPSA) is 75.4 Å². The number of rotatable bonds is 2. The number of nitrogens with one attached hydrogen (secondary N) is 1. The van der Waals surface area contributed by atoms with Crippen LogP contribution >= 0.6 is 0 Å². The average molecular weight is 204 g/mol. The maximum absolute atomic E-state index is 10.4. The van der Waals surface area contributed by atoms with Crippen LogP contribution in [0.15, 0.2) is 24.3 Å². The molecule has 78 valence electrons. The first kappa shape index (κ1) is 11.1. The highest BCUT2D eigenvalue weighted by Crippen LogP contribution is 2.02. The van der Waals surface area contributed by atoms with Crippen molar-refractivity contribution in [2.45, 2.75) is 6.54 Å². The quantitative estimate of drug-likeness (QED) is 0.602. The number of aliphatic hydroxyl groups excluding tert-OH is 1. The van der Waals surface area contributed by atoms with E-state index in [0.29, 0.717) is 6.54 Å². The third-order valence-electron chi connectivity index (χ3n) is 1.73. The Bertz CT molecular complexity index is 387. The third kappa shape index (κ3) is 4.16. The lowest BCUT2D eigenvalue weighted by Gasteiger charge is -2.01. The van der Waals surface area contributed by atoms with Gasteiger partial charge >= 0.3 is 6.03 Å². The minimum Gasteiger partial charge on any atom is -0.384 e. The molecule has 0 saturated carbocycles. The van der Waals surface area contributed by atoms with Crippen molar-refractivity contribution >= 4 is 6.03 Å². The molecule has 0 aromatic heterocycles. The molecular formula is C11H12N2O2. The SMILES string of the molecule is NC(=O)NCc1ccc(C#CCO)cc1. The van der Waals surface area contributed by atoms with Crippen molar-refractivity contribution in [1.29, 1.82) is 0 Å². The van der Waals surface area contributed by atoms with Gasteiger partial charge in [-0.3, -0.25) is 0 Å². The first-order valence-electron chi connectivity index (χ1n) is 4.44. The molecule has 0 aliphatic heterocycles. The second-order valence-electron chi connectivity index (χ2n) is 2.87. The van der Waals surface area contributed by atoms with Gasteiger partial charge in [0.25, 0.3) is 0 Å². The van der Waals surface area contributed by atoms with Crippen molar-refractivity contribution in [3.63, 3.8) is 0 Å². The molecule has 0 saturated heterocycles. The van der Waals surface area contributed by atoms with E-state index < -0.39 is 6.03 Å². The Morgan fingerprint density at radius 3 is 2.60 bits per heavy atom. The Hall–Kier alpha value is -1.99. The Balaban J connectivity index is 2.60. The summed E-state index contributed by atoms with van der Waals surface area (Å²) < 4.78 is 0. The van der Waals surface area contributed by atoms with E-state index in [1.807, 2.05) is 24.3 Å². The number of carbonyl (C=O) groups is 1. The summed E-state index contributed by atoms with van der Waals surface area (Å²) in [5.41, 5.74) is 6.71. The zero-order valence-electron chi connectivity index (χ0n) is 8.16. The smallest absolute Gasteiger partial charge is 0.312 e. The van der Waals surface area contributed by atoms with E-state index in [2.05, 4.69) is 17.2 Å². The maximum Gasteiger partial charge on any atom is 0.312 e. The second kappa shape index (κ2) is 5.68. The fourth-order valence-electron chi connectivity index (χ4n) is 1.04. The van der Waals surface area contributed by atoms with Gasteiger partial charge < -0.3 is 16.2 Å². The summed E-state index contributed by atoms with van der Waals surface area (Å²) in [5.74, 6) is 5.32. The summed E-state index contributed by atoms with van der Waals surface area (Å²) in [6, 6.07) is 6.79. The largest absolute Gasteiger partial charge is 0.384 e. The predicted octanol–water partition coefficient (Wildman–Crippen LogP) is 0.199. The van der Waals surface area contributed by atoms with Crippen LogP contribution in [0, 0.1) is 11.8 Å². The van der Waals surface area contributed by atoms with Crippen LogP contribution in [-0.2, 0) is 6.54 Å². The Kier molecular flexibility index (Phi) is 4.20. The number of hydrogen-bond acceptors (Lipinski definition) is 2. The van der Waals surface area contributed by atoms with Crippen molar-refractivity contribution in [1.82, 2.24) is 5.32 Å². The lowest BCUT2D eigenvalue weighted by Crippen LogP contribution is -2.28. The summed E-state index contributed by atoms with van der Waals surface area (Å²) in [5, 5.41) is 11.0. The first-order chi connectivity index (χ1) is 7.22. The van der Waals surface area contributed by atoms with Crippen molar-refractivity contribution < 1.29 is 9.90 Å². The molecule has 15 heavy (non-hydrogen) atoms. The molecule has 4 nitrogen and oxygen atoms in total. The number of benzene rings is 1. The molecule has 0 aliphatic rings. The molecule has 0 unspecified atom stereocenters. The molecule has 1 aromatic rings. The van der Waals surface area contributed by atoms with Crippen LogP contribution in [0.5, 0.6) is 0 Å². The Morgan fingerprint density at radius 1 is 1.40 bits per heavy atom. The first-order valence-corrected chi connectivity index (χ1v) is 4.44. The number of aliphatic hydroxyl groups is 1. The van der Waals surface area contributed by atoms with Crippen LogP contribution in [0.1, 0.15) is 11.1 Å². The molecule has 0 fully saturated rings. The van der Waals surface area contributed by atoms with E-state index in [9.17, 15) is 4.79 Å². The zero-order valence-corrected chi connectivity index (χ0v) is 8.16. The standard InChI is InChI=1S/C11H12N2O2/c12-11(15)13-8-10-5-3-9(4-6-10)2-1-7-14/h3-6,14H,7-8H2,(H3,12,13,15). The van der Waals surface area contributed by atoms with Gasteiger partial charge in [0.15, 0.2) is 0 Å². The van der Waals surface area contributed by atoms with Gasteiger partial charge in [-0.1, -0.05) is 24.0 Å². The number of nitrogens with two attached hydrogens (primary N) is 1. The monoisotopic (exact) mass is 204 g/mol. The molecular weight excluding hydrogens is 192 g/mol. The Morgan fingerprint density at radius 2 is 2.07 bits per heavy atom. The number of hydrogen-bond donors (Lipinski definition) is 3. The van der Waals surface area contributed by atoms with Gasteiger partial charge in [0, 0.05) is 12.1 Å². The highest BCUT2D eigenvalue weighted by atomic mass is 16.2. The van der Waals surface area contributed by atoms with Crippen molar-refractivity contribution in [2.75, 3.05) is 6.61 Å². The van der Waals surface area contributed by atoms with Crippen molar-refractivity contribution in [2.24, 2.45) is 5.73 Å². The lowest BCUT2D eigenvalue weighted by atomic mass is 10.1. The van der Waals surface area contributed by atoms with Crippen molar-refractivity contribution in [3.8, 4) is 11.8 Å². The van der Waals surface area contributed by atoms with E-state index in [1.165, 1.54) is 0 Å². The molecule has 4 heteroatoms. The van der Waals surface area contributed by atoms with E-state index in [4.69, 9.17) is 10.8 Å². The predicted molar refractivity (Wildman–Crippen MR) is 56.8 cm³/mol. The molecule has 2 amide bonds. The van der Waals surface area contributed by atoms with E-state index in [-0.39, 0.29) is 6.61 Å². The summed E-state index contributed by atoms with van der Waals surface area (Å²) in [6.45, 7) is 0.258. The van der Waals surface area contributed by atoms with Gasteiger partial charge in [0.2, 0.25) is 0 Å². The van der Waals surface area contributed by atoms with E-state index >= 15 is 0 Å². The third-order valence-corrected chi connectivity index (χ3v) is 1.73. The fourth-order valence-corrected chi connectivity index (χ4v) is 1.04. The summed E-state index contributed by atoms with van der Waals surface area (Å²) in [4.78, 5) is 10.4. The number of urea groups is 1. The van der Waals surface area contributed by atoms with Crippen LogP contribution in [0.4, 0.5) is 4.79 Å². The van der Waals surface area contributed by atoms with Crippen molar-refractivity contribution in [3.05, 3.63) is 35.4 Å². The normalized spacial score (nSPS) is 8.87. The fraction of sp³-hybridized carbons (Fsp3) is 0.182. The molecule has 0 radical (unpaired) electrons. The van der Waals surface area contributed by atoms with E-state index in [0.717, 1.165) is 11.1 Å². The minimum atomic E-state index is -0.542. The summed E-state index contributed by atoms with van der Waals surface area (Å²) in [7, 11) is 0. The van der Waals surface area contributed by atoms with Gasteiger partial charge in [0.05, 0.1) is 0 Å². The Labute approximate surface area is 88.1 Å². The number of amides is 2. The highest BCUT2D eigenvalue weighted by molar-refractivity contribution is 5.71. The van der Waals surface area contributed by atoms with Crippen LogP contribution in [0.3, 0.4) is 0 Å². The average Bonchev–Trinajstić information content (AvgIpc) is 2.25. The number of primary amides is 1. The van der Waals surface area contributed by atoms with Crippen LogP contribution in [0.2, 0.25) is 0 Å². The summed E-state index contributed by atoms with van der Waals surface area (Å²) in [6.07, 6.45) is 0. The number of carbonyl (C=O) groups excluding carboxylic acids is 1. The minimum absolute atomic E-state index is 0.148. The maximum atomic E-state index is 10.4. The van der Waals surface area contributed by atoms with E-state index in [1.54, 1.807) is 0 Å². The van der Waals surface area contributed by atoms with Gasteiger partial charge in [-0.25, -0.2) is 4.79 Å². The molecule has 0 heterocycles. The van der Waals surface area contributed by atoms with Crippen LogP contribution < -0.4 is 11.1 Å². The van der Waals surface area contributed by atoms with Gasteiger partial charge in [-0.15, -0.1) is 0 Å². The lowest BCUT2D eigenvalue weighted by molar-refractivity contribution is 0.248. The second-order valence-corrected chi connectivity index (χ2v) is 2.87. The van der Waals surface area contributed by atoms with Crippen LogP contribution in [0.25, 0.3) is 0 Å². The zero-order chi connectivity index (χ0) is 11.1. The molecule has 0 bridgehead atoms. The molecule has 1 aromatic carbocycles. The molecule has 0 aliphatic carbocycles.